The molecule has 1 amide bonds. The van der Waals surface area contributed by atoms with Gasteiger partial charge in [0.2, 0.25) is 5.91 Å². The normalized spacial score (nSPS) is 12.3. The Labute approximate surface area is 97.3 Å². The van der Waals surface area contributed by atoms with E-state index in [-0.39, 0.29) is 11.8 Å². The highest BCUT2D eigenvalue weighted by Crippen LogP contribution is 2.20. The van der Waals surface area contributed by atoms with Crippen molar-refractivity contribution in [2.24, 2.45) is 5.92 Å². The smallest absolute Gasteiger partial charge is 0.227 e. The fourth-order valence-electron chi connectivity index (χ4n) is 1.64. The van der Waals surface area contributed by atoms with Gasteiger partial charge in [0.05, 0.1) is 11.4 Å². The second-order valence-corrected chi connectivity index (χ2v) is 4.34. The van der Waals surface area contributed by atoms with Crippen molar-refractivity contribution in [3.63, 3.8) is 0 Å². The van der Waals surface area contributed by atoms with Crippen LogP contribution in [0.3, 0.4) is 0 Å². The first-order chi connectivity index (χ1) is 7.45. The maximum absolute atomic E-state index is 11.8. The number of nitrogens with zero attached hydrogens (tertiary/aromatic N) is 1. The van der Waals surface area contributed by atoms with Gasteiger partial charge in [-0.1, -0.05) is 13.8 Å². The first-order valence-corrected chi connectivity index (χ1v) is 5.71. The van der Waals surface area contributed by atoms with Crippen LogP contribution in [0.15, 0.2) is 6.07 Å². The van der Waals surface area contributed by atoms with Crippen molar-refractivity contribution < 1.29 is 4.79 Å². The molecule has 1 heterocycles. The highest BCUT2D eigenvalue weighted by molar-refractivity contribution is 5.93. The average molecular weight is 220 g/mol. The molecule has 1 N–H and O–H groups in total. The first-order valence-electron chi connectivity index (χ1n) is 5.71. The van der Waals surface area contributed by atoms with Gasteiger partial charge in [-0.2, -0.15) is 0 Å². The summed E-state index contributed by atoms with van der Waals surface area (Å²) in [7, 11) is 0. The van der Waals surface area contributed by atoms with Gasteiger partial charge in [-0.25, -0.2) is 0 Å². The van der Waals surface area contributed by atoms with E-state index >= 15 is 0 Å². The minimum absolute atomic E-state index is 0.0418. The summed E-state index contributed by atoms with van der Waals surface area (Å²) in [6.45, 7) is 9.82. The fraction of sp³-hybridized carbons (Fsp3) is 0.538. The molecule has 0 saturated carbocycles. The van der Waals surface area contributed by atoms with E-state index in [1.807, 2.05) is 40.7 Å². The van der Waals surface area contributed by atoms with Gasteiger partial charge in [0, 0.05) is 11.6 Å². The zero-order valence-electron chi connectivity index (χ0n) is 10.7. The van der Waals surface area contributed by atoms with E-state index < -0.39 is 0 Å². The van der Waals surface area contributed by atoms with Crippen LogP contribution in [-0.2, 0) is 4.79 Å². The number of anilines is 1. The molecule has 0 spiro atoms. The lowest BCUT2D eigenvalue weighted by molar-refractivity contribution is -0.119. The zero-order valence-corrected chi connectivity index (χ0v) is 10.7. The number of hydrogen-bond acceptors (Lipinski definition) is 2. The summed E-state index contributed by atoms with van der Waals surface area (Å²) in [6.07, 6.45) is 0.850. The molecule has 0 aliphatic rings. The molecule has 1 atom stereocenters. The van der Waals surface area contributed by atoms with Gasteiger partial charge in [-0.3, -0.25) is 9.78 Å². The Morgan fingerprint density at radius 3 is 2.56 bits per heavy atom. The van der Waals surface area contributed by atoms with Crippen LogP contribution in [0.5, 0.6) is 0 Å². The van der Waals surface area contributed by atoms with E-state index in [1.165, 1.54) is 0 Å². The largest absolute Gasteiger partial charge is 0.324 e. The molecule has 1 rings (SSSR count). The molecule has 1 aromatic rings. The van der Waals surface area contributed by atoms with Gasteiger partial charge in [0.1, 0.15) is 0 Å². The highest BCUT2D eigenvalue weighted by atomic mass is 16.1. The lowest BCUT2D eigenvalue weighted by Gasteiger charge is -2.14. The number of carbonyl (C=O) groups excluding carboxylic acids is 1. The minimum Gasteiger partial charge on any atom is -0.324 e. The van der Waals surface area contributed by atoms with E-state index in [0.29, 0.717) is 0 Å². The third-order valence-corrected chi connectivity index (χ3v) is 2.83. The third kappa shape index (κ3) is 2.81. The Kier molecular flexibility index (Phi) is 4.05. The number of aryl methyl sites for hydroxylation is 3. The third-order valence-electron chi connectivity index (χ3n) is 2.83. The number of pyridine rings is 1. The molecule has 3 nitrogen and oxygen atoms in total. The number of aromatic nitrogens is 1. The SMILES string of the molecule is CCC(C)C(=O)Nc1c(C)cc(C)nc1C. The summed E-state index contributed by atoms with van der Waals surface area (Å²) >= 11 is 0. The van der Waals surface area contributed by atoms with Gasteiger partial charge >= 0.3 is 0 Å². The lowest BCUT2D eigenvalue weighted by Crippen LogP contribution is -2.21. The Hall–Kier alpha value is -1.38. The Balaban J connectivity index is 2.93. The summed E-state index contributed by atoms with van der Waals surface area (Å²) in [5.74, 6) is 0.111. The van der Waals surface area contributed by atoms with Crippen molar-refractivity contribution >= 4 is 11.6 Å². The molecule has 0 aromatic carbocycles. The quantitative estimate of drug-likeness (QED) is 0.850. The number of hydrogen-bond donors (Lipinski definition) is 1. The molecule has 0 bridgehead atoms. The van der Waals surface area contributed by atoms with Crippen LogP contribution in [0.4, 0.5) is 5.69 Å². The molecule has 1 unspecified atom stereocenters. The van der Waals surface area contributed by atoms with Crippen LogP contribution in [0.2, 0.25) is 0 Å². The van der Waals surface area contributed by atoms with E-state index in [2.05, 4.69) is 10.3 Å². The molecule has 0 radical (unpaired) electrons. The summed E-state index contributed by atoms with van der Waals surface area (Å²) in [6, 6.07) is 1.99. The Morgan fingerprint density at radius 2 is 2.06 bits per heavy atom. The van der Waals surface area contributed by atoms with Crippen molar-refractivity contribution in [3.8, 4) is 0 Å². The van der Waals surface area contributed by atoms with Crippen LogP contribution in [0.25, 0.3) is 0 Å². The molecule has 1 aromatic heterocycles. The van der Waals surface area contributed by atoms with Gasteiger partial charge < -0.3 is 5.32 Å². The summed E-state index contributed by atoms with van der Waals surface area (Å²) in [5, 5.41) is 2.95. The fourth-order valence-corrected chi connectivity index (χ4v) is 1.64. The standard InChI is InChI=1S/C13H20N2O/c1-6-8(2)13(16)15-12-9(3)7-10(4)14-11(12)5/h7-8H,6H2,1-5H3,(H,15,16). The van der Waals surface area contributed by atoms with Crippen molar-refractivity contribution in [3.05, 3.63) is 23.0 Å². The Bertz CT molecular complexity index is 376. The zero-order chi connectivity index (χ0) is 12.3. The van der Waals surface area contributed by atoms with E-state index in [4.69, 9.17) is 0 Å². The van der Waals surface area contributed by atoms with E-state index in [9.17, 15) is 4.79 Å². The maximum atomic E-state index is 11.8. The van der Waals surface area contributed by atoms with Crippen LogP contribution >= 0.6 is 0 Å². The predicted octanol–water partition coefficient (Wildman–Crippen LogP) is 2.99. The monoisotopic (exact) mass is 220 g/mol. The van der Waals surface area contributed by atoms with E-state index in [1.54, 1.807) is 0 Å². The van der Waals surface area contributed by atoms with Gasteiger partial charge in [-0.05, 0) is 38.8 Å². The lowest BCUT2D eigenvalue weighted by atomic mass is 10.1. The number of rotatable bonds is 3. The Morgan fingerprint density at radius 1 is 1.44 bits per heavy atom. The predicted molar refractivity (Wildman–Crippen MR) is 66.5 cm³/mol. The van der Waals surface area contributed by atoms with Crippen molar-refractivity contribution in [2.45, 2.75) is 41.0 Å². The molecule has 0 aliphatic heterocycles. The second-order valence-electron chi connectivity index (χ2n) is 4.34. The second kappa shape index (κ2) is 5.10. The summed E-state index contributed by atoms with van der Waals surface area (Å²) in [5.41, 5.74) is 3.79. The topological polar surface area (TPSA) is 42.0 Å². The van der Waals surface area contributed by atoms with Crippen molar-refractivity contribution in [1.82, 2.24) is 4.98 Å². The molecular weight excluding hydrogens is 200 g/mol. The average Bonchev–Trinajstić information content (AvgIpc) is 2.21. The molecule has 3 heteroatoms. The van der Waals surface area contributed by atoms with Crippen molar-refractivity contribution in [1.29, 1.82) is 0 Å². The van der Waals surface area contributed by atoms with Gasteiger partial charge in [0.25, 0.3) is 0 Å². The van der Waals surface area contributed by atoms with Crippen LogP contribution in [0.1, 0.15) is 37.2 Å². The van der Waals surface area contributed by atoms with Crippen LogP contribution in [0, 0.1) is 26.7 Å². The number of carbonyl (C=O) groups is 1. The molecule has 88 valence electrons. The molecule has 16 heavy (non-hydrogen) atoms. The summed E-state index contributed by atoms with van der Waals surface area (Å²) < 4.78 is 0. The summed E-state index contributed by atoms with van der Waals surface area (Å²) in [4.78, 5) is 16.2. The maximum Gasteiger partial charge on any atom is 0.227 e. The number of amides is 1. The molecule has 0 fully saturated rings. The van der Waals surface area contributed by atoms with E-state index in [0.717, 1.165) is 29.1 Å². The highest BCUT2D eigenvalue weighted by Gasteiger charge is 2.13. The molecular formula is C13H20N2O. The number of nitrogens with one attached hydrogen (secondary N) is 1. The van der Waals surface area contributed by atoms with Gasteiger partial charge in [-0.15, -0.1) is 0 Å². The van der Waals surface area contributed by atoms with Crippen LogP contribution in [-0.4, -0.2) is 10.9 Å². The van der Waals surface area contributed by atoms with Crippen molar-refractivity contribution in [2.75, 3.05) is 5.32 Å². The van der Waals surface area contributed by atoms with Gasteiger partial charge in [0.15, 0.2) is 0 Å². The first kappa shape index (κ1) is 12.7. The van der Waals surface area contributed by atoms with Crippen LogP contribution < -0.4 is 5.32 Å². The molecule has 0 aliphatic carbocycles. The molecule has 0 saturated heterocycles. The minimum atomic E-state index is 0.0418.